The van der Waals surface area contributed by atoms with Gasteiger partial charge in [0.2, 0.25) is 5.88 Å². The molecule has 1 fully saturated rings. The van der Waals surface area contributed by atoms with E-state index in [0.717, 1.165) is 24.5 Å². The molecule has 106 valence electrons. The van der Waals surface area contributed by atoms with Gasteiger partial charge in [-0.05, 0) is 20.8 Å². The fourth-order valence-corrected chi connectivity index (χ4v) is 2.50. The Labute approximate surface area is 118 Å². The van der Waals surface area contributed by atoms with Crippen molar-refractivity contribution >= 4 is 17.4 Å². The average molecular weight is 286 g/mol. The van der Waals surface area contributed by atoms with Crippen LogP contribution in [0.25, 0.3) is 0 Å². The summed E-state index contributed by atoms with van der Waals surface area (Å²) < 4.78 is 11.3. The van der Waals surface area contributed by atoms with Gasteiger partial charge in [-0.2, -0.15) is 0 Å². The molecule has 5 nitrogen and oxygen atoms in total. The van der Waals surface area contributed by atoms with E-state index < -0.39 is 0 Å². The van der Waals surface area contributed by atoms with E-state index in [0.29, 0.717) is 18.4 Å². The summed E-state index contributed by atoms with van der Waals surface area (Å²) >= 11 is 5.91. The second-order valence-electron chi connectivity index (χ2n) is 4.69. The molecular weight excluding hydrogens is 266 g/mol. The van der Waals surface area contributed by atoms with Crippen molar-refractivity contribution < 1.29 is 9.47 Å². The van der Waals surface area contributed by atoms with Gasteiger partial charge in [-0.25, -0.2) is 9.97 Å². The molecule has 0 bridgehead atoms. The van der Waals surface area contributed by atoms with Crippen LogP contribution in [-0.2, 0) is 4.74 Å². The minimum atomic E-state index is 0.0373. The fraction of sp³-hybridized carbons (Fsp3) is 0.692. The number of aromatic nitrogens is 2. The first-order valence-electron chi connectivity index (χ1n) is 6.56. The molecule has 2 rings (SSSR count). The molecule has 0 aromatic carbocycles. The van der Waals surface area contributed by atoms with E-state index in [9.17, 15) is 0 Å². The lowest BCUT2D eigenvalue weighted by atomic mass is 10.2. The predicted octanol–water partition coefficient (Wildman–Crippen LogP) is 2.02. The minimum absolute atomic E-state index is 0.0373. The molecule has 0 saturated carbocycles. The van der Waals surface area contributed by atoms with Gasteiger partial charge >= 0.3 is 0 Å². The number of alkyl halides is 1. The van der Waals surface area contributed by atoms with Gasteiger partial charge in [0, 0.05) is 13.1 Å². The molecule has 0 aliphatic carbocycles. The Morgan fingerprint density at radius 3 is 2.95 bits per heavy atom. The third-order valence-corrected chi connectivity index (χ3v) is 3.43. The predicted molar refractivity (Wildman–Crippen MR) is 75.2 cm³/mol. The van der Waals surface area contributed by atoms with Gasteiger partial charge < -0.3 is 14.4 Å². The molecule has 2 unspecified atom stereocenters. The number of nitrogens with zero attached hydrogens (tertiary/aromatic N) is 3. The summed E-state index contributed by atoms with van der Waals surface area (Å²) in [6.07, 6.45) is 1.72. The maximum absolute atomic E-state index is 5.91. The number of anilines is 1. The number of ether oxygens (including phenoxy) is 2. The Morgan fingerprint density at radius 2 is 2.26 bits per heavy atom. The van der Waals surface area contributed by atoms with Crippen molar-refractivity contribution in [3.05, 3.63) is 11.9 Å². The molecule has 1 aliphatic heterocycles. The zero-order valence-corrected chi connectivity index (χ0v) is 12.4. The van der Waals surface area contributed by atoms with E-state index in [1.54, 1.807) is 6.33 Å². The molecule has 1 aromatic heterocycles. The van der Waals surface area contributed by atoms with Gasteiger partial charge in [-0.3, -0.25) is 0 Å². The summed E-state index contributed by atoms with van der Waals surface area (Å²) in [5.74, 6) is 2.04. The second kappa shape index (κ2) is 6.39. The second-order valence-corrected chi connectivity index (χ2v) is 5.00. The van der Waals surface area contributed by atoms with Crippen LogP contribution < -0.4 is 9.64 Å². The van der Waals surface area contributed by atoms with Gasteiger partial charge in [-0.15, -0.1) is 11.6 Å². The van der Waals surface area contributed by atoms with Crippen molar-refractivity contribution in [3.63, 3.8) is 0 Å². The quantitative estimate of drug-likeness (QED) is 0.792. The Kier molecular flexibility index (Phi) is 4.82. The summed E-state index contributed by atoms with van der Waals surface area (Å²) in [7, 11) is 0. The van der Waals surface area contributed by atoms with Crippen molar-refractivity contribution in [2.24, 2.45) is 0 Å². The highest BCUT2D eigenvalue weighted by atomic mass is 35.5. The minimum Gasteiger partial charge on any atom is -0.478 e. The molecule has 0 spiro atoms. The topological polar surface area (TPSA) is 47.5 Å². The van der Waals surface area contributed by atoms with Crippen molar-refractivity contribution in [2.45, 2.75) is 33.0 Å². The number of halogens is 1. The molecule has 0 N–H and O–H groups in total. The Balaban J connectivity index is 2.23. The molecule has 0 amide bonds. The highest BCUT2D eigenvalue weighted by Gasteiger charge is 2.27. The van der Waals surface area contributed by atoms with Crippen LogP contribution in [-0.4, -0.2) is 47.8 Å². The molecule has 19 heavy (non-hydrogen) atoms. The smallest absolute Gasteiger partial charge is 0.221 e. The number of hydrogen-bond donors (Lipinski definition) is 0. The zero-order chi connectivity index (χ0) is 13.8. The number of morpholine rings is 1. The van der Waals surface area contributed by atoms with E-state index in [2.05, 4.69) is 14.9 Å². The highest BCUT2D eigenvalue weighted by molar-refractivity contribution is 6.18. The zero-order valence-electron chi connectivity index (χ0n) is 11.6. The first-order valence-corrected chi connectivity index (χ1v) is 7.09. The molecule has 0 radical (unpaired) electrons. The molecule has 1 aromatic rings. The van der Waals surface area contributed by atoms with E-state index >= 15 is 0 Å². The maximum Gasteiger partial charge on any atom is 0.221 e. The van der Waals surface area contributed by atoms with Crippen LogP contribution in [0.5, 0.6) is 5.88 Å². The monoisotopic (exact) mass is 285 g/mol. The summed E-state index contributed by atoms with van der Waals surface area (Å²) in [5.41, 5.74) is 0.965. The summed E-state index contributed by atoms with van der Waals surface area (Å²) in [6, 6.07) is 0. The van der Waals surface area contributed by atoms with Gasteiger partial charge in [0.25, 0.3) is 0 Å². The third kappa shape index (κ3) is 3.28. The number of hydrogen-bond acceptors (Lipinski definition) is 5. The highest BCUT2D eigenvalue weighted by Crippen LogP contribution is 2.26. The lowest BCUT2D eigenvalue weighted by molar-refractivity contribution is -0.00363. The maximum atomic E-state index is 5.91. The average Bonchev–Trinajstić information content (AvgIpc) is 2.40. The van der Waals surface area contributed by atoms with Crippen molar-refractivity contribution in [3.8, 4) is 5.88 Å². The molecule has 1 saturated heterocycles. The van der Waals surface area contributed by atoms with Gasteiger partial charge in [0.05, 0.1) is 30.3 Å². The van der Waals surface area contributed by atoms with Crippen molar-refractivity contribution in [2.75, 3.05) is 30.5 Å². The Hall–Kier alpha value is -1.07. The summed E-state index contributed by atoms with van der Waals surface area (Å²) in [5, 5.41) is 0. The lowest BCUT2D eigenvalue weighted by Crippen LogP contribution is -2.48. The van der Waals surface area contributed by atoms with Crippen molar-refractivity contribution in [1.82, 2.24) is 9.97 Å². The van der Waals surface area contributed by atoms with Crippen LogP contribution in [0.4, 0.5) is 5.82 Å². The normalized spacial score (nSPS) is 23.5. The largest absolute Gasteiger partial charge is 0.478 e. The third-order valence-electron chi connectivity index (χ3n) is 3.09. The fourth-order valence-electron chi connectivity index (χ4n) is 2.33. The van der Waals surface area contributed by atoms with E-state index in [-0.39, 0.29) is 12.2 Å². The van der Waals surface area contributed by atoms with Crippen LogP contribution in [0.3, 0.4) is 0 Å². The van der Waals surface area contributed by atoms with Gasteiger partial charge in [0.1, 0.15) is 12.1 Å². The first kappa shape index (κ1) is 14.3. The molecular formula is C13H20ClN3O2. The molecule has 1 aliphatic rings. The molecule has 2 heterocycles. The Morgan fingerprint density at radius 1 is 1.47 bits per heavy atom. The standard InChI is InChI=1S/C13H20ClN3O2/c1-4-18-13-10(3)12(15-8-16-13)17-6-9(2)19-11(5-14)7-17/h8-9,11H,4-7H2,1-3H3. The van der Waals surface area contributed by atoms with Crippen molar-refractivity contribution in [1.29, 1.82) is 0 Å². The van der Waals surface area contributed by atoms with Gasteiger partial charge in [0.15, 0.2) is 0 Å². The van der Waals surface area contributed by atoms with Crippen LogP contribution in [0, 0.1) is 6.92 Å². The lowest BCUT2D eigenvalue weighted by Gasteiger charge is -2.37. The molecule has 2 atom stereocenters. The van der Waals surface area contributed by atoms with Crippen LogP contribution in [0.1, 0.15) is 19.4 Å². The van der Waals surface area contributed by atoms with Crippen LogP contribution in [0.15, 0.2) is 6.33 Å². The van der Waals surface area contributed by atoms with E-state index in [4.69, 9.17) is 21.1 Å². The number of rotatable bonds is 4. The van der Waals surface area contributed by atoms with E-state index in [1.165, 1.54) is 0 Å². The van der Waals surface area contributed by atoms with Crippen LogP contribution in [0.2, 0.25) is 0 Å². The Bertz CT molecular complexity index is 430. The van der Waals surface area contributed by atoms with Gasteiger partial charge in [-0.1, -0.05) is 0 Å². The van der Waals surface area contributed by atoms with Crippen LogP contribution >= 0.6 is 11.6 Å². The molecule has 6 heteroatoms. The van der Waals surface area contributed by atoms with E-state index in [1.807, 2.05) is 20.8 Å². The summed E-state index contributed by atoms with van der Waals surface area (Å²) in [6.45, 7) is 8.12. The first-order chi connectivity index (χ1) is 9.15. The summed E-state index contributed by atoms with van der Waals surface area (Å²) in [4.78, 5) is 10.7. The SMILES string of the molecule is CCOc1ncnc(N2CC(C)OC(CCl)C2)c1C.